The van der Waals surface area contributed by atoms with Crippen molar-refractivity contribution in [2.45, 2.75) is 49.9 Å². The van der Waals surface area contributed by atoms with E-state index in [2.05, 4.69) is 16.8 Å². The van der Waals surface area contributed by atoms with Gasteiger partial charge in [-0.3, -0.25) is 4.79 Å². The smallest absolute Gasteiger partial charge is 0.235 e. The second-order valence-electron chi connectivity index (χ2n) is 5.31. The molecule has 0 aromatic carbocycles. The highest BCUT2D eigenvalue weighted by molar-refractivity contribution is 7.99. The van der Waals surface area contributed by atoms with Crippen LogP contribution in [0.1, 0.15) is 32.6 Å². The van der Waals surface area contributed by atoms with Crippen molar-refractivity contribution in [1.82, 2.24) is 9.80 Å². The summed E-state index contributed by atoms with van der Waals surface area (Å²) in [6.45, 7) is 4.20. The van der Waals surface area contributed by atoms with Crippen molar-refractivity contribution in [3.05, 3.63) is 0 Å². The number of nitrogens with zero attached hydrogens (tertiary/aromatic N) is 2. The maximum atomic E-state index is 12.3. The average molecular weight is 256 g/mol. The summed E-state index contributed by atoms with van der Waals surface area (Å²) in [5.74, 6) is 0.347. The fourth-order valence-corrected chi connectivity index (χ4v) is 3.56. The molecule has 1 amide bonds. The van der Waals surface area contributed by atoms with Gasteiger partial charge >= 0.3 is 0 Å². The lowest BCUT2D eigenvalue weighted by Gasteiger charge is -2.34. The summed E-state index contributed by atoms with van der Waals surface area (Å²) < 4.78 is 0. The Kier molecular flexibility index (Phi) is 4.36. The molecule has 0 aromatic rings. The number of likely N-dealkylation sites (tertiary alicyclic amines) is 2. The van der Waals surface area contributed by atoms with Crippen LogP contribution in [0.25, 0.3) is 0 Å². The molecule has 17 heavy (non-hydrogen) atoms. The van der Waals surface area contributed by atoms with Crippen molar-refractivity contribution < 1.29 is 4.79 Å². The highest BCUT2D eigenvalue weighted by Gasteiger charge is 2.39. The predicted molar refractivity (Wildman–Crippen MR) is 73.4 cm³/mol. The second-order valence-corrected chi connectivity index (χ2v) is 6.49. The molecule has 2 fully saturated rings. The maximum absolute atomic E-state index is 12.3. The summed E-state index contributed by atoms with van der Waals surface area (Å²) >= 11 is 1.66. The third-order valence-electron chi connectivity index (χ3n) is 4.30. The molecule has 2 rings (SSSR count). The van der Waals surface area contributed by atoms with Crippen molar-refractivity contribution in [2.24, 2.45) is 0 Å². The van der Waals surface area contributed by atoms with Gasteiger partial charge in [-0.25, -0.2) is 0 Å². The van der Waals surface area contributed by atoms with E-state index in [1.807, 2.05) is 13.2 Å². The molecule has 3 nitrogen and oxygen atoms in total. The molecular formula is C13H24N2OS. The van der Waals surface area contributed by atoms with Crippen LogP contribution in [0.15, 0.2) is 0 Å². The van der Waals surface area contributed by atoms with Crippen LogP contribution < -0.4 is 0 Å². The quantitative estimate of drug-likeness (QED) is 0.769. The first-order chi connectivity index (χ1) is 8.15. The molecule has 2 aliphatic rings. The fraction of sp³-hybridized carbons (Fsp3) is 0.923. The normalized spacial score (nSPS) is 32.1. The molecule has 0 bridgehead atoms. The average Bonchev–Trinajstić information content (AvgIpc) is 2.94. The minimum absolute atomic E-state index is 0.113. The van der Waals surface area contributed by atoms with Crippen LogP contribution in [0.5, 0.6) is 0 Å². The zero-order chi connectivity index (χ0) is 12.4. The molecule has 2 saturated heterocycles. The van der Waals surface area contributed by atoms with Crippen LogP contribution in [0.2, 0.25) is 0 Å². The summed E-state index contributed by atoms with van der Waals surface area (Å²) in [4.78, 5) is 16.9. The molecule has 0 radical (unpaired) electrons. The van der Waals surface area contributed by atoms with E-state index in [4.69, 9.17) is 0 Å². The topological polar surface area (TPSA) is 23.6 Å². The number of hydrogen-bond donors (Lipinski definition) is 0. The molecule has 4 heteroatoms. The van der Waals surface area contributed by atoms with Gasteiger partial charge in [-0.05, 0) is 52.5 Å². The molecule has 0 unspecified atom stereocenters. The highest BCUT2D eigenvalue weighted by atomic mass is 32.2. The van der Waals surface area contributed by atoms with E-state index in [0.717, 1.165) is 6.54 Å². The summed E-state index contributed by atoms with van der Waals surface area (Å²) in [6, 6.07) is 1.08. The lowest BCUT2D eigenvalue weighted by atomic mass is 10.0. The zero-order valence-corrected chi connectivity index (χ0v) is 12.0. The van der Waals surface area contributed by atoms with E-state index in [9.17, 15) is 4.79 Å². The molecular weight excluding hydrogens is 232 g/mol. The van der Waals surface area contributed by atoms with Crippen LogP contribution in [0.4, 0.5) is 0 Å². The van der Waals surface area contributed by atoms with Gasteiger partial charge in [-0.15, -0.1) is 0 Å². The Balaban J connectivity index is 2.04. The summed E-state index contributed by atoms with van der Waals surface area (Å²) in [6.07, 6.45) is 6.95. The van der Waals surface area contributed by atoms with Gasteiger partial charge in [-0.2, -0.15) is 11.8 Å². The van der Waals surface area contributed by atoms with E-state index in [-0.39, 0.29) is 5.25 Å². The molecule has 98 valence electrons. The molecule has 0 N–H and O–H groups in total. The third-order valence-corrected chi connectivity index (χ3v) is 5.21. The largest absolute Gasteiger partial charge is 0.337 e. The minimum Gasteiger partial charge on any atom is -0.337 e. The molecule has 0 aliphatic carbocycles. The first-order valence-corrected chi connectivity index (χ1v) is 7.97. The van der Waals surface area contributed by atoms with Gasteiger partial charge in [0, 0.05) is 18.6 Å². The van der Waals surface area contributed by atoms with Crippen LogP contribution in [-0.4, -0.2) is 59.4 Å². The van der Waals surface area contributed by atoms with Gasteiger partial charge < -0.3 is 9.80 Å². The Morgan fingerprint density at radius 3 is 2.47 bits per heavy atom. The van der Waals surface area contributed by atoms with Gasteiger partial charge in [-0.1, -0.05) is 0 Å². The summed E-state index contributed by atoms with van der Waals surface area (Å²) in [7, 11) is 2.21. The lowest BCUT2D eigenvalue weighted by molar-refractivity contribution is -0.132. The SMILES string of the molecule is CS[C@H](C)C(=O)N1CCC[C@H]1[C@H]1CCCN1C. The first-order valence-electron chi connectivity index (χ1n) is 6.68. The third kappa shape index (κ3) is 2.63. The van der Waals surface area contributed by atoms with E-state index in [0.29, 0.717) is 18.0 Å². The van der Waals surface area contributed by atoms with E-state index < -0.39 is 0 Å². The monoisotopic (exact) mass is 256 g/mol. The predicted octanol–water partition coefficient (Wildman–Crippen LogP) is 1.82. The van der Waals surface area contributed by atoms with Crippen LogP contribution in [-0.2, 0) is 4.79 Å². The van der Waals surface area contributed by atoms with Crippen molar-refractivity contribution in [2.75, 3.05) is 26.4 Å². The van der Waals surface area contributed by atoms with Crippen molar-refractivity contribution >= 4 is 17.7 Å². The Morgan fingerprint density at radius 2 is 1.88 bits per heavy atom. The number of thioether (sulfide) groups is 1. The second kappa shape index (κ2) is 5.61. The van der Waals surface area contributed by atoms with E-state index in [1.165, 1.54) is 32.2 Å². The number of carbonyl (C=O) groups excluding carboxylic acids is 1. The molecule has 0 saturated carbocycles. The molecule has 0 aromatic heterocycles. The van der Waals surface area contributed by atoms with E-state index in [1.54, 1.807) is 11.8 Å². The Labute approximate surface area is 109 Å². The van der Waals surface area contributed by atoms with Gasteiger partial charge in [0.25, 0.3) is 0 Å². The highest BCUT2D eigenvalue weighted by Crippen LogP contribution is 2.30. The number of amides is 1. The van der Waals surface area contributed by atoms with Gasteiger partial charge in [0.05, 0.1) is 5.25 Å². The van der Waals surface area contributed by atoms with Gasteiger partial charge in [0.2, 0.25) is 5.91 Å². The molecule has 2 heterocycles. The van der Waals surface area contributed by atoms with Crippen LogP contribution in [0.3, 0.4) is 0 Å². The standard InChI is InChI=1S/C13H24N2OS/c1-10(17-3)13(16)15-9-5-7-12(15)11-6-4-8-14(11)2/h10-12H,4-9H2,1-3H3/t10-,11-,12+/m1/s1. The van der Waals surface area contributed by atoms with Crippen LogP contribution in [0, 0.1) is 0 Å². The van der Waals surface area contributed by atoms with Gasteiger partial charge in [0.1, 0.15) is 0 Å². The summed E-state index contributed by atoms with van der Waals surface area (Å²) in [5.41, 5.74) is 0. The van der Waals surface area contributed by atoms with E-state index >= 15 is 0 Å². The summed E-state index contributed by atoms with van der Waals surface area (Å²) in [5, 5.41) is 0.113. The first kappa shape index (κ1) is 13.2. The van der Waals surface area contributed by atoms with Crippen LogP contribution >= 0.6 is 11.8 Å². The fourth-order valence-electron chi connectivity index (χ4n) is 3.22. The van der Waals surface area contributed by atoms with Crippen molar-refractivity contribution in [3.63, 3.8) is 0 Å². The number of hydrogen-bond acceptors (Lipinski definition) is 3. The minimum atomic E-state index is 0.113. The lowest BCUT2D eigenvalue weighted by Crippen LogP contribution is -2.49. The molecule has 0 spiro atoms. The number of likely N-dealkylation sites (N-methyl/N-ethyl adjacent to an activating group) is 1. The maximum Gasteiger partial charge on any atom is 0.235 e. The zero-order valence-electron chi connectivity index (χ0n) is 11.2. The molecule has 3 atom stereocenters. The van der Waals surface area contributed by atoms with Crippen molar-refractivity contribution in [1.29, 1.82) is 0 Å². The van der Waals surface area contributed by atoms with Crippen molar-refractivity contribution in [3.8, 4) is 0 Å². The molecule has 2 aliphatic heterocycles. The number of rotatable bonds is 3. The Morgan fingerprint density at radius 1 is 1.24 bits per heavy atom. The van der Waals surface area contributed by atoms with Gasteiger partial charge in [0.15, 0.2) is 0 Å². The Hall–Kier alpha value is -0.220. The Bertz CT molecular complexity index is 285. The number of carbonyl (C=O) groups is 1.